The molecule has 0 saturated carbocycles. The number of unbranched alkanes of at least 4 members (excludes halogenated alkanes) is 1. The zero-order valence-electron chi connectivity index (χ0n) is 24.7. The number of aliphatic hydroxyl groups excluding tert-OH is 4. The molecule has 0 saturated heterocycles. The molecule has 0 rings (SSSR count). The number of aliphatic hydroxyl groups is 4. The Balaban J connectivity index is 3.83. The number of ether oxygens (including phenoxy) is 9. The van der Waals surface area contributed by atoms with E-state index in [1.807, 2.05) is 0 Å². The van der Waals surface area contributed by atoms with Crippen molar-refractivity contribution in [2.45, 2.75) is 49.5 Å². The Bertz CT molecular complexity index is 730. The monoisotopic (exact) mass is 654 g/mol. The molecule has 0 heterocycles. The molecule has 0 amide bonds. The molecule has 0 aliphatic carbocycles. The predicted molar refractivity (Wildman–Crippen MR) is 145 cm³/mol. The average molecular weight is 655 g/mol. The highest BCUT2D eigenvalue weighted by Gasteiger charge is 2.44. The van der Waals surface area contributed by atoms with Gasteiger partial charge in [-0.3, -0.25) is 4.74 Å². The van der Waals surface area contributed by atoms with Crippen molar-refractivity contribution < 1.29 is 80.6 Å². The highest BCUT2D eigenvalue weighted by Crippen LogP contribution is 2.27. The summed E-state index contributed by atoms with van der Waals surface area (Å²) in [5, 5.41) is 38.7. The van der Waals surface area contributed by atoms with E-state index in [-0.39, 0.29) is 66.1 Å². The first-order chi connectivity index (χ1) is 20.9. The van der Waals surface area contributed by atoms with Crippen LogP contribution in [-0.2, 0) is 42.6 Å². The van der Waals surface area contributed by atoms with Crippen LogP contribution < -0.4 is 0 Å². The van der Waals surface area contributed by atoms with Crippen molar-refractivity contribution in [2.75, 3.05) is 99.3 Å². The Morgan fingerprint density at radius 1 is 0.614 bits per heavy atom. The van der Waals surface area contributed by atoms with E-state index in [0.717, 1.165) is 0 Å². The highest BCUT2D eigenvalue weighted by atomic mass is 19.3. The van der Waals surface area contributed by atoms with Gasteiger partial charge in [0, 0.05) is 13.0 Å². The third-order valence-electron chi connectivity index (χ3n) is 4.70. The SMILES string of the molecule is C#CCCCOCC(O)COCC(O)COCCOCOCC(F)(F)OC(F)(F)COCC(O)COCC(O)COCC=C. The molecule has 13 nitrogen and oxygen atoms in total. The lowest BCUT2D eigenvalue weighted by molar-refractivity contribution is -0.396. The van der Waals surface area contributed by atoms with Crippen molar-refractivity contribution in [3.63, 3.8) is 0 Å². The van der Waals surface area contributed by atoms with Crippen LogP contribution in [0, 0.1) is 12.3 Å². The maximum absolute atomic E-state index is 13.7. The first-order valence-corrected chi connectivity index (χ1v) is 13.7. The van der Waals surface area contributed by atoms with Crippen LogP contribution in [0.15, 0.2) is 12.7 Å². The van der Waals surface area contributed by atoms with Crippen LogP contribution in [0.5, 0.6) is 0 Å². The maximum Gasteiger partial charge on any atom is 0.383 e. The fourth-order valence-corrected chi connectivity index (χ4v) is 2.86. The first kappa shape index (κ1) is 42.5. The Morgan fingerprint density at radius 3 is 1.57 bits per heavy atom. The van der Waals surface area contributed by atoms with Gasteiger partial charge in [-0.15, -0.1) is 18.9 Å². The molecular weight excluding hydrogens is 608 g/mol. The third-order valence-corrected chi connectivity index (χ3v) is 4.70. The van der Waals surface area contributed by atoms with E-state index in [4.69, 9.17) is 34.8 Å². The van der Waals surface area contributed by atoms with Crippen LogP contribution in [0.25, 0.3) is 0 Å². The van der Waals surface area contributed by atoms with E-state index in [1.165, 1.54) is 6.08 Å². The summed E-state index contributed by atoms with van der Waals surface area (Å²) >= 11 is 0. The number of hydrogen-bond donors (Lipinski definition) is 4. The van der Waals surface area contributed by atoms with Crippen molar-refractivity contribution >= 4 is 0 Å². The van der Waals surface area contributed by atoms with Crippen molar-refractivity contribution in [3.05, 3.63) is 12.7 Å². The van der Waals surface area contributed by atoms with Gasteiger partial charge in [-0.25, -0.2) is 0 Å². The van der Waals surface area contributed by atoms with Gasteiger partial charge in [0.1, 0.15) is 44.4 Å². The van der Waals surface area contributed by atoms with Gasteiger partial charge < -0.3 is 58.3 Å². The van der Waals surface area contributed by atoms with Gasteiger partial charge in [-0.2, -0.15) is 17.6 Å². The fourth-order valence-electron chi connectivity index (χ4n) is 2.86. The Hall–Kier alpha value is -1.50. The largest absolute Gasteiger partial charge is 0.388 e. The second kappa shape index (κ2) is 26.7. The minimum Gasteiger partial charge on any atom is -0.388 e. The normalized spacial score (nSPS) is 15.1. The summed E-state index contributed by atoms with van der Waals surface area (Å²) in [7, 11) is 0. The van der Waals surface area contributed by atoms with Crippen molar-refractivity contribution in [1.82, 2.24) is 0 Å². The molecule has 0 fully saturated rings. The van der Waals surface area contributed by atoms with Crippen LogP contribution in [0.4, 0.5) is 17.6 Å². The Kier molecular flexibility index (Phi) is 25.8. The molecule has 44 heavy (non-hydrogen) atoms. The maximum atomic E-state index is 13.7. The molecule has 0 aromatic rings. The molecule has 0 aliphatic rings. The standard InChI is InChI=1S/C27H46F4O13/c1-3-5-6-8-37-12-23(33)15-40-16-24(34)13-38-9-10-39-21-43-20-27(30,31)44-26(28,29)19-42-18-25(35)17-41-14-22(32)11-36-7-4-2/h1,4,22-25,32-35H,2,5-21H2. The van der Waals surface area contributed by atoms with Crippen molar-refractivity contribution in [2.24, 2.45) is 0 Å². The summed E-state index contributed by atoms with van der Waals surface area (Å²) in [5.74, 6) is 2.47. The zero-order valence-corrected chi connectivity index (χ0v) is 24.7. The minimum absolute atomic E-state index is 0.0386. The van der Waals surface area contributed by atoms with E-state index in [1.54, 1.807) is 0 Å². The van der Waals surface area contributed by atoms with Gasteiger partial charge >= 0.3 is 12.2 Å². The number of halogens is 4. The third kappa shape index (κ3) is 28.0. The lowest BCUT2D eigenvalue weighted by Crippen LogP contribution is -2.40. The molecule has 0 aliphatic heterocycles. The molecule has 17 heteroatoms. The molecular formula is C27H46F4O13. The van der Waals surface area contributed by atoms with E-state index in [0.29, 0.717) is 19.4 Å². The van der Waals surface area contributed by atoms with Crippen LogP contribution in [0.1, 0.15) is 12.8 Å². The van der Waals surface area contributed by atoms with Gasteiger partial charge in [0.15, 0.2) is 0 Å². The molecule has 0 radical (unpaired) electrons. The molecule has 4 unspecified atom stereocenters. The molecule has 260 valence electrons. The second-order valence-corrected chi connectivity index (χ2v) is 9.24. The van der Waals surface area contributed by atoms with Gasteiger partial charge in [-0.05, 0) is 6.42 Å². The molecule has 4 atom stereocenters. The summed E-state index contributed by atoms with van der Waals surface area (Å²) in [4.78, 5) is 0. The van der Waals surface area contributed by atoms with Crippen LogP contribution in [0.3, 0.4) is 0 Å². The lowest BCUT2D eigenvalue weighted by Gasteiger charge is -2.24. The number of hydrogen-bond acceptors (Lipinski definition) is 13. The van der Waals surface area contributed by atoms with Gasteiger partial charge in [-0.1, -0.05) is 6.08 Å². The number of alkyl halides is 4. The van der Waals surface area contributed by atoms with Gasteiger partial charge in [0.2, 0.25) is 0 Å². The Morgan fingerprint density at radius 2 is 1.05 bits per heavy atom. The van der Waals surface area contributed by atoms with E-state index < -0.39 is 63.2 Å². The van der Waals surface area contributed by atoms with Gasteiger partial charge in [0.25, 0.3) is 0 Å². The fraction of sp³-hybridized carbons (Fsp3) is 0.852. The number of terminal acetylenes is 1. The lowest BCUT2D eigenvalue weighted by atomic mass is 10.3. The van der Waals surface area contributed by atoms with E-state index >= 15 is 0 Å². The highest BCUT2D eigenvalue weighted by molar-refractivity contribution is 4.82. The molecule has 0 aromatic carbocycles. The summed E-state index contributed by atoms with van der Waals surface area (Å²) in [6.07, 6.45) is -5.15. The average Bonchev–Trinajstić information content (AvgIpc) is 2.93. The molecule has 0 bridgehead atoms. The summed E-state index contributed by atoms with van der Waals surface area (Å²) in [6, 6.07) is 0. The summed E-state index contributed by atoms with van der Waals surface area (Å²) in [6.45, 7) is -1.40. The topological polar surface area (TPSA) is 164 Å². The minimum atomic E-state index is -4.40. The summed E-state index contributed by atoms with van der Waals surface area (Å²) in [5.41, 5.74) is 0. The molecule has 4 N–H and O–H groups in total. The Labute approximate surface area is 254 Å². The van der Waals surface area contributed by atoms with E-state index in [2.05, 4.69) is 26.7 Å². The smallest absolute Gasteiger partial charge is 0.383 e. The second-order valence-electron chi connectivity index (χ2n) is 9.24. The molecule has 0 spiro atoms. The van der Waals surface area contributed by atoms with Crippen molar-refractivity contribution in [1.29, 1.82) is 0 Å². The van der Waals surface area contributed by atoms with Crippen LogP contribution in [0.2, 0.25) is 0 Å². The summed E-state index contributed by atoms with van der Waals surface area (Å²) < 4.78 is 97.7. The number of rotatable bonds is 32. The zero-order chi connectivity index (χ0) is 33.1. The quantitative estimate of drug-likeness (QED) is 0.0258. The molecule has 0 aromatic heterocycles. The first-order valence-electron chi connectivity index (χ1n) is 13.7. The van der Waals surface area contributed by atoms with Crippen LogP contribution >= 0.6 is 0 Å². The van der Waals surface area contributed by atoms with Crippen molar-refractivity contribution in [3.8, 4) is 12.3 Å². The van der Waals surface area contributed by atoms with E-state index in [9.17, 15) is 38.0 Å². The predicted octanol–water partition coefficient (Wildman–Crippen LogP) is 0.322. The van der Waals surface area contributed by atoms with Crippen LogP contribution in [-0.4, -0.2) is 156 Å². The van der Waals surface area contributed by atoms with Gasteiger partial charge in [0.05, 0.1) is 72.7 Å².